The fraction of sp³-hybridized carbons (Fsp3) is 0.533. The van der Waals surface area contributed by atoms with Crippen molar-refractivity contribution in [1.82, 2.24) is 25.0 Å². The molecular weight excluding hydrogens is 298 g/mol. The molecular formula is C15H21N5O3. The number of nitrogens with zero attached hydrogens (tertiary/aromatic N) is 4. The third kappa shape index (κ3) is 3.53. The Balaban J connectivity index is 1.55. The van der Waals surface area contributed by atoms with Crippen LogP contribution in [0, 0.1) is 0 Å². The van der Waals surface area contributed by atoms with Crippen LogP contribution in [0.25, 0.3) is 0 Å². The number of nitrogens with one attached hydrogen (secondary N) is 1. The molecule has 8 nitrogen and oxygen atoms in total. The normalized spacial score (nSPS) is 18.2. The summed E-state index contributed by atoms with van der Waals surface area (Å²) in [5, 5.41) is 7.02. The molecule has 0 bridgehead atoms. The average Bonchev–Trinajstić information content (AvgIpc) is 3.21. The van der Waals surface area contributed by atoms with Gasteiger partial charge in [-0.15, -0.1) is 0 Å². The predicted molar refractivity (Wildman–Crippen MR) is 81.6 cm³/mol. The molecule has 1 aliphatic rings. The van der Waals surface area contributed by atoms with Gasteiger partial charge in [0, 0.05) is 26.2 Å². The van der Waals surface area contributed by atoms with Gasteiger partial charge in [0.15, 0.2) is 5.89 Å². The Labute approximate surface area is 134 Å². The number of urea groups is 1. The SMILES string of the molecule is CCc1nc(CNC(=O)N2CCO[C@H](c3ccnn3C)C2)co1. The van der Waals surface area contributed by atoms with Crippen LogP contribution >= 0.6 is 0 Å². The lowest BCUT2D eigenvalue weighted by molar-refractivity contribution is -0.0194. The van der Waals surface area contributed by atoms with Crippen molar-refractivity contribution in [2.45, 2.75) is 26.0 Å². The average molecular weight is 319 g/mol. The number of carbonyl (C=O) groups excluding carboxylic acids is 1. The van der Waals surface area contributed by atoms with Gasteiger partial charge in [-0.2, -0.15) is 5.10 Å². The van der Waals surface area contributed by atoms with E-state index in [9.17, 15) is 4.79 Å². The minimum Gasteiger partial charge on any atom is -0.449 e. The minimum atomic E-state index is -0.152. The second kappa shape index (κ2) is 6.82. The number of carbonyl (C=O) groups is 1. The van der Waals surface area contributed by atoms with Crippen molar-refractivity contribution < 1.29 is 13.9 Å². The zero-order valence-electron chi connectivity index (χ0n) is 13.4. The molecule has 0 saturated carbocycles. The molecule has 1 N–H and O–H groups in total. The van der Waals surface area contributed by atoms with Gasteiger partial charge in [-0.1, -0.05) is 6.92 Å². The van der Waals surface area contributed by atoms with Gasteiger partial charge < -0.3 is 19.4 Å². The lowest BCUT2D eigenvalue weighted by atomic mass is 10.2. The summed E-state index contributed by atoms with van der Waals surface area (Å²) < 4.78 is 12.8. The van der Waals surface area contributed by atoms with Crippen LogP contribution in [-0.4, -0.2) is 45.4 Å². The Morgan fingerprint density at radius 2 is 2.39 bits per heavy atom. The van der Waals surface area contributed by atoms with Gasteiger partial charge in [0.25, 0.3) is 0 Å². The fourth-order valence-corrected chi connectivity index (χ4v) is 2.58. The lowest BCUT2D eigenvalue weighted by Gasteiger charge is -2.32. The molecule has 1 fully saturated rings. The monoisotopic (exact) mass is 319 g/mol. The highest BCUT2D eigenvalue weighted by atomic mass is 16.5. The highest BCUT2D eigenvalue weighted by Crippen LogP contribution is 2.21. The lowest BCUT2D eigenvalue weighted by Crippen LogP contribution is -2.47. The highest BCUT2D eigenvalue weighted by molar-refractivity contribution is 5.74. The molecule has 2 aromatic rings. The number of amides is 2. The summed E-state index contributed by atoms with van der Waals surface area (Å²) in [5.41, 5.74) is 1.69. The van der Waals surface area contributed by atoms with Gasteiger partial charge in [0.2, 0.25) is 0 Å². The van der Waals surface area contributed by atoms with Crippen LogP contribution in [0.1, 0.15) is 30.3 Å². The van der Waals surface area contributed by atoms with E-state index in [0.29, 0.717) is 32.1 Å². The first-order valence-corrected chi connectivity index (χ1v) is 7.73. The largest absolute Gasteiger partial charge is 0.449 e. The number of hydrogen-bond acceptors (Lipinski definition) is 5. The van der Waals surface area contributed by atoms with Crippen molar-refractivity contribution in [3.63, 3.8) is 0 Å². The molecule has 0 spiro atoms. The van der Waals surface area contributed by atoms with Crippen LogP contribution in [0.5, 0.6) is 0 Å². The van der Waals surface area contributed by atoms with Crippen molar-refractivity contribution in [1.29, 1.82) is 0 Å². The summed E-state index contributed by atoms with van der Waals surface area (Å²) in [6.45, 7) is 3.91. The highest BCUT2D eigenvalue weighted by Gasteiger charge is 2.27. The number of aryl methyl sites for hydroxylation is 2. The molecule has 0 radical (unpaired) electrons. The zero-order chi connectivity index (χ0) is 16.2. The van der Waals surface area contributed by atoms with E-state index in [2.05, 4.69) is 15.4 Å². The van der Waals surface area contributed by atoms with Crippen molar-refractivity contribution in [2.75, 3.05) is 19.7 Å². The van der Waals surface area contributed by atoms with Gasteiger partial charge in [-0.05, 0) is 6.07 Å². The molecule has 3 rings (SSSR count). The van der Waals surface area contributed by atoms with Crippen molar-refractivity contribution in [2.24, 2.45) is 7.05 Å². The minimum absolute atomic E-state index is 0.124. The van der Waals surface area contributed by atoms with E-state index in [1.54, 1.807) is 22.0 Å². The Bertz CT molecular complexity index is 666. The molecule has 0 aliphatic carbocycles. The second-order valence-electron chi connectivity index (χ2n) is 5.43. The maximum absolute atomic E-state index is 12.3. The molecule has 2 amide bonds. The molecule has 124 valence electrons. The maximum Gasteiger partial charge on any atom is 0.317 e. The van der Waals surface area contributed by atoms with Crippen LogP contribution in [0.3, 0.4) is 0 Å². The number of oxazole rings is 1. The standard InChI is InChI=1S/C15H21N5O3/c1-3-14-18-11(10-23-14)8-16-15(21)20-6-7-22-13(9-20)12-4-5-17-19(12)2/h4-5,10,13H,3,6-9H2,1-2H3,(H,16,21)/t13-/m0/s1. The van der Waals surface area contributed by atoms with E-state index < -0.39 is 0 Å². The van der Waals surface area contributed by atoms with Gasteiger partial charge in [0.1, 0.15) is 12.4 Å². The number of aromatic nitrogens is 3. The van der Waals surface area contributed by atoms with E-state index in [1.807, 2.05) is 20.0 Å². The molecule has 0 aromatic carbocycles. The fourth-order valence-electron chi connectivity index (χ4n) is 2.58. The van der Waals surface area contributed by atoms with Crippen LogP contribution in [0.2, 0.25) is 0 Å². The first kappa shape index (κ1) is 15.5. The van der Waals surface area contributed by atoms with Gasteiger partial charge >= 0.3 is 6.03 Å². The molecule has 3 heterocycles. The van der Waals surface area contributed by atoms with Crippen molar-refractivity contribution in [3.05, 3.63) is 35.8 Å². The zero-order valence-corrected chi connectivity index (χ0v) is 13.4. The van der Waals surface area contributed by atoms with E-state index in [4.69, 9.17) is 9.15 Å². The number of hydrogen-bond donors (Lipinski definition) is 1. The topological polar surface area (TPSA) is 85.4 Å². The Kier molecular flexibility index (Phi) is 4.61. The Hall–Kier alpha value is -2.35. The Morgan fingerprint density at radius 3 is 3.09 bits per heavy atom. The van der Waals surface area contributed by atoms with Crippen molar-refractivity contribution in [3.8, 4) is 0 Å². The third-order valence-electron chi connectivity index (χ3n) is 3.86. The third-order valence-corrected chi connectivity index (χ3v) is 3.86. The van der Waals surface area contributed by atoms with Gasteiger partial charge in [0.05, 0.1) is 31.1 Å². The summed E-state index contributed by atoms with van der Waals surface area (Å²) >= 11 is 0. The van der Waals surface area contributed by atoms with E-state index in [0.717, 1.165) is 17.8 Å². The van der Waals surface area contributed by atoms with Crippen molar-refractivity contribution >= 4 is 6.03 Å². The van der Waals surface area contributed by atoms with Gasteiger partial charge in [-0.25, -0.2) is 9.78 Å². The summed E-state index contributed by atoms with van der Waals surface area (Å²) in [6.07, 6.45) is 3.90. The molecule has 23 heavy (non-hydrogen) atoms. The Morgan fingerprint density at radius 1 is 1.52 bits per heavy atom. The number of ether oxygens (including phenoxy) is 1. The van der Waals surface area contributed by atoms with Crippen LogP contribution in [0.15, 0.2) is 22.9 Å². The number of morpholine rings is 1. The maximum atomic E-state index is 12.3. The number of rotatable bonds is 4. The molecule has 1 atom stereocenters. The van der Waals surface area contributed by atoms with E-state index in [-0.39, 0.29) is 12.1 Å². The quantitative estimate of drug-likeness (QED) is 0.917. The summed E-state index contributed by atoms with van der Waals surface area (Å²) in [7, 11) is 1.87. The van der Waals surface area contributed by atoms with Crippen LogP contribution in [-0.2, 0) is 24.8 Å². The molecule has 1 saturated heterocycles. The first-order chi connectivity index (χ1) is 11.2. The predicted octanol–water partition coefficient (Wildman–Crippen LogP) is 1.25. The summed E-state index contributed by atoms with van der Waals surface area (Å²) in [6, 6.07) is 1.79. The smallest absolute Gasteiger partial charge is 0.317 e. The van der Waals surface area contributed by atoms with Crippen LogP contribution < -0.4 is 5.32 Å². The van der Waals surface area contributed by atoms with Crippen LogP contribution in [0.4, 0.5) is 4.79 Å². The summed E-state index contributed by atoms with van der Waals surface area (Å²) in [4.78, 5) is 18.4. The second-order valence-corrected chi connectivity index (χ2v) is 5.43. The summed E-state index contributed by atoms with van der Waals surface area (Å²) in [5.74, 6) is 0.678. The molecule has 1 aliphatic heterocycles. The molecule has 0 unspecified atom stereocenters. The molecule has 8 heteroatoms. The van der Waals surface area contributed by atoms with E-state index >= 15 is 0 Å². The van der Waals surface area contributed by atoms with Gasteiger partial charge in [-0.3, -0.25) is 4.68 Å². The molecule has 2 aromatic heterocycles. The first-order valence-electron chi connectivity index (χ1n) is 7.73. The van der Waals surface area contributed by atoms with E-state index in [1.165, 1.54) is 0 Å².